The molecule has 4 aromatic carbocycles. The second-order valence-electron chi connectivity index (χ2n) is 16.0. The third-order valence-corrected chi connectivity index (χ3v) is 15.2. The number of hydrogen-bond acceptors (Lipinski definition) is 6. The molecular formula is C46H64N6O4Si. The fourth-order valence-corrected chi connectivity index (χ4v) is 8.39. The molecule has 2 amide bonds. The molecule has 2 unspecified atom stereocenters. The highest BCUT2D eigenvalue weighted by Gasteiger charge is 2.47. The number of imidazole rings is 2. The predicted octanol–water partition coefficient (Wildman–Crippen LogP) is 10.7. The zero-order valence-corrected chi connectivity index (χ0v) is 35.1. The van der Waals surface area contributed by atoms with Crippen LogP contribution in [0.3, 0.4) is 0 Å². The molecule has 0 bridgehead atoms. The second-order valence-corrected chi connectivity index (χ2v) is 20.7. The van der Waals surface area contributed by atoms with Crippen molar-refractivity contribution in [1.29, 1.82) is 0 Å². The molecule has 0 aliphatic rings. The molecule has 10 nitrogen and oxygen atoms in total. The summed E-state index contributed by atoms with van der Waals surface area (Å²) in [6, 6.07) is 23.9. The Kier molecular flexibility index (Phi) is 14.6. The van der Waals surface area contributed by atoms with Gasteiger partial charge >= 0.3 is 0 Å². The fourth-order valence-electron chi connectivity index (χ4n) is 6.86. The van der Waals surface area contributed by atoms with Crippen LogP contribution in [-0.2, 0) is 39.3 Å². The fraction of sp³-hybridized carbons (Fsp3) is 0.391. The Balaban J connectivity index is 0.000000303. The van der Waals surface area contributed by atoms with Crippen molar-refractivity contribution in [2.45, 2.75) is 105 Å². The molecule has 0 saturated carbocycles. The van der Waals surface area contributed by atoms with E-state index in [1.54, 1.807) is 6.33 Å². The first kappa shape index (κ1) is 46.3. The number of nitrogens with zero attached hydrogens (tertiary/aromatic N) is 4. The highest BCUT2D eigenvalue weighted by molar-refractivity contribution is 6.74. The van der Waals surface area contributed by atoms with E-state index in [1.807, 2.05) is 85.1 Å². The van der Waals surface area contributed by atoms with Crippen molar-refractivity contribution in [3.05, 3.63) is 120 Å². The molecule has 11 heteroatoms. The number of amides is 2. The van der Waals surface area contributed by atoms with Crippen LogP contribution in [0, 0.1) is 0 Å². The van der Waals surface area contributed by atoms with Crippen molar-refractivity contribution in [2.75, 3.05) is 10.6 Å². The maximum atomic E-state index is 11.7. The van der Waals surface area contributed by atoms with E-state index >= 15 is 0 Å². The third kappa shape index (κ3) is 9.72. The van der Waals surface area contributed by atoms with Gasteiger partial charge in [-0.15, -0.1) is 0 Å². The lowest BCUT2D eigenvalue weighted by atomic mass is 9.85. The zero-order valence-electron chi connectivity index (χ0n) is 34.1. The van der Waals surface area contributed by atoms with Crippen LogP contribution in [0.5, 0.6) is 0 Å². The van der Waals surface area contributed by atoms with Gasteiger partial charge in [-0.05, 0) is 87.9 Å². The van der Waals surface area contributed by atoms with E-state index in [0.29, 0.717) is 17.8 Å². The van der Waals surface area contributed by atoms with Crippen LogP contribution in [0.15, 0.2) is 97.8 Å². The van der Waals surface area contributed by atoms with E-state index in [2.05, 4.69) is 92.9 Å². The average Bonchev–Trinajstić information content (AvgIpc) is 3.77. The maximum Gasteiger partial charge on any atom is 0.221 e. The number of carbonyl (C=O) groups is 2. The first-order valence-corrected chi connectivity index (χ1v) is 21.8. The van der Waals surface area contributed by atoms with Gasteiger partial charge in [-0.3, -0.25) is 9.59 Å². The molecule has 0 aliphatic heterocycles. The number of aliphatic hydroxyl groups is 1. The van der Waals surface area contributed by atoms with E-state index in [1.165, 1.54) is 13.8 Å². The number of aromatic nitrogens is 4. The zero-order chi connectivity index (χ0) is 40.3. The normalized spacial score (nSPS) is 13.6. The average molecular weight is 793 g/mol. The lowest BCUT2D eigenvalue weighted by molar-refractivity contribution is -0.115. The summed E-state index contributed by atoms with van der Waals surface area (Å²) in [6.07, 6.45) is 8.66. The molecule has 306 valence electrons. The van der Waals surface area contributed by atoms with Gasteiger partial charge in [0.05, 0.1) is 24.0 Å². The number of rotatable bonds is 10. The van der Waals surface area contributed by atoms with Crippen LogP contribution in [0.4, 0.5) is 11.4 Å². The van der Waals surface area contributed by atoms with Crippen molar-refractivity contribution in [1.82, 2.24) is 19.1 Å². The summed E-state index contributed by atoms with van der Waals surface area (Å²) < 4.78 is 11.0. The summed E-state index contributed by atoms with van der Waals surface area (Å²) in [4.78, 5) is 32.1. The molecule has 2 heterocycles. The summed E-state index contributed by atoms with van der Waals surface area (Å²) in [5, 5.41) is 21.2. The van der Waals surface area contributed by atoms with E-state index < -0.39 is 19.5 Å². The van der Waals surface area contributed by atoms with Crippen molar-refractivity contribution in [2.24, 2.45) is 14.1 Å². The van der Waals surface area contributed by atoms with Gasteiger partial charge in [0.2, 0.25) is 11.8 Å². The minimum absolute atomic E-state index is 0. The Morgan fingerprint density at radius 1 is 0.719 bits per heavy atom. The standard InChI is InChI=1S/C25H35N3O2Si.C19H21N3O2.2CH4/c1-9-25(23-16-28(6)17-26-23,30-31(7,8)24(3,4)5)22-12-10-11-19-13-14-20(15-21(19)22)27-18(2)29;1-4-19(24,18-11-22(3)12-20-18)17-7-5-6-14-8-9-15(10-16(14)17)21-13(2)23;;/h10-17H,9H2,1-8H3,(H,27,29);5-12,24H,4H2,1-3H3,(H,21,23);2*1H4. The van der Waals surface area contributed by atoms with Crippen molar-refractivity contribution >= 4 is 53.1 Å². The molecule has 6 rings (SSSR count). The molecule has 0 spiro atoms. The number of benzene rings is 4. The predicted molar refractivity (Wildman–Crippen MR) is 239 cm³/mol. The first-order valence-electron chi connectivity index (χ1n) is 18.8. The van der Waals surface area contributed by atoms with Gasteiger partial charge in [-0.2, -0.15) is 0 Å². The molecule has 0 fully saturated rings. The second kappa shape index (κ2) is 18.0. The number of nitrogens with one attached hydrogen (secondary N) is 2. The molecule has 57 heavy (non-hydrogen) atoms. The number of hydrogen-bond donors (Lipinski definition) is 3. The molecule has 2 atom stereocenters. The van der Waals surface area contributed by atoms with Crippen molar-refractivity contribution in [3.8, 4) is 0 Å². The van der Waals surface area contributed by atoms with Gasteiger partial charge in [0.25, 0.3) is 0 Å². The Hall–Kier alpha value is -5.10. The highest BCUT2D eigenvalue weighted by Crippen LogP contribution is 2.47. The van der Waals surface area contributed by atoms with E-state index in [9.17, 15) is 14.7 Å². The Morgan fingerprint density at radius 3 is 1.58 bits per heavy atom. The number of fused-ring (bicyclic) bond motifs is 2. The van der Waals surface area contributed by atoms with Crippen LogP contribution < -0.4 is 10.6 Å². The molecule has 6 aromatic rings. The van der Waals surface area contributed by atoms with Gasteiger partial charge in [-0.25, -0.2) is 9.97 Å². The Labute approximate surface area is 340 Å². The van der Waals surface area contributed by atoms with E-state index in [4.69, 9.17) is 9.41 Å². The highest BCUT2D eigenvalue weighted by atomic mass is 28.4. The summed E-state index contributed by atoms with van der Waals surface area (Å²) >= 11 is 0. The smallest absolute Gasteiger partial charge is 0.221 e. The third-order valence-electron chi connectivity index (χ3n) is 10.8. The van der Waals surface area contributed by atoms with Gasteiger partial charge in [0, 0.05) is 51.7 Å². The van der Waals surface area contributed by atoms with Crippen LogP contribution in [-0.4, -0.2) is 44.3 Å². The minimum atomic E-state index is -2.16. The Bertz CT molecular complexity index is 2320. The van der Waals surface area contributed by atoms with E-state index in [-0.39, 0.29) is 31.7 Å². The van der Waals surface area contributed by atoms with Crippen molar-refractivity contribution < 1.29 is 19.1 Å². The topological polar surface area (TPSA) is 123 Å². The molecule has 0 radical (unpaired) electrons. The van der Waals surface area contributed by atoms with Crippen LogP contribution >= 0.6 is 0 Å². The summed E-state index contributed by atoms with van der Waals surface area (Å²) in [5.74, 6) is -0.205. The van der Waals surface area contributed by atoms with Gasteiger partial charge in [-0.1, -0.05) is 98.0 Å². The van der Waals surface area contributed by atoms with Gasteiger partial charge in [0.1, 0.15) is 11.2 Å². The summed E-state index contributed by atoms with van der Waals surface area (Å²) in [7, 11) is 1.70. The van der Waals surface area contributed by atoms with Gasteiger partial charge < -0.3 is 29.3 Å². The van der Waals surface area contributed by atoms with Crippen molar-refractivity contribution in [3.63, 3.8) is 0 Å². The molecule has 0 saturated heterocycles. The largest absolute Gasteiger partial charge is 0.402 e. The number of anilines is 2. The quantitative estimate of drug-likeness (QED) is 0.119. The number of carbonyl (C=O) groups excluding carboxylic acids is 2. The summed E-state index contributed by atoms with van der Waals surface area (Å²) in [6.45, 7) is 18.5. The van der Waals surface area contributed by atoms with Crippen LogP contribution in [0.25, 0.3) is 21.5 Å². The summed E-state index contributed by atoms with van der Waals surface area (Å²) in [5.41, 5.74) is 3.03. The SMILES string of the molecule is C.C.CCC(O)(c1cn(C)cn1)c1cccc2ccc(NC(C)=O)cc12.CCC(O[Si](C)(C)C(C)(C)C)(c1cn(C)cn1)c1cccc2ccc(NC(C)=O)cc12. The molecule has 2 aromatic heterocycles. The molecule has 0 aliphatic carbocycles. The van der Waals surface area contributed by atoms with Crippen LogP contribution in [0.2, 0.25) is 18.1 Å². The molecular weight excluding hydrogens is 729 g/mol. The minimum Gasteiger partial charge on any atom is -0.402 e. The number of aryl methyl sites for hydroxylation is 2. The van der Waals surface area contributed by atoms with E-state index in [0.717, 1.165) is 50.5 Å². The lowest BCUT2D eigenvalue weighted by Gasteiger charge is -2.45. The lowest BCUT2D eigenvalue weighted by Crippen LogP contribution is -2.49. The van der Waals surface area contributed by atoms with Gasteiger partial charge in [0.15, 0.2) is 8.32 Å². The molecule has 3 N–H and O–H groups in total. The first-order chi connectivity index (χ1) is 25.8. The maximum absolute atomic E-state index is 11.7. The monoisotopic (exact) mass is 792 g/mol. The van der Waals surface area contributed by atoms with Crippen LogP contribution in [0.1, 0.15) is 98.7 Å². The Morgan fingerprint density at radius 2 is 1.18 bits per heavy atom.